The number of benzene rings is 2. The quantitative estimate of drug-likeness (QED) is 0.204. The molecule has 0 saturated heterocycles. The molecular weight excluding hydrogens is 565 g/mol. The molecule has 2 fully saturated rings. The van der Waals surface area contributed by atoms with Crippen molar-refractivity contribution >= 4 is 29.2 Å². The van der Waals surface area contributed by atoms with E-state index in [0.717, 1.165) is 41.0 Å². The van der Waals surface area contributed by atoms with Crippen LogP contribution in [0.3, 0.4) is 0 Å². The summed E-state index contributed by atoms with van der Waals surface area (Å²) in [6.45, 7) is 6.14. The van der Waals surface area contributed by atoms with E-state index in [-0.39, 0.29) is 24.3 Å². The second-order valence-electron chi connectivity index (χ2n) is 11.4. The zero-order valence-corrected chi connectivity index (χ0v) is 24.5. The number of aromatic carboxylic acids is 1. The van der Waals surface area contributed by atoms with Crippen LogP contribution in [-0.2, 0) is 12.2 Å². The van der Waals surface area contributed by atoms with Crippen molar-refractivity contribution in [1.29, 1.82) is 0 Å². The van der Waals surface area contributed by atoms with E-state index < -0.39 is 11.6 Å². The van der Waals surface area contributed by atoms with Crippen LogP contribution in [0.15, 0.2) is 47.0 Å². The zero-order chi connectivity index (χ0) is 29.1. The Hall–Kier alpha value is -3.33. The summed E-state index contributed by atoms with van der Waals surface area (Å²) in [6.07, 6.45) is 2.93. The number of halogens is 2. The third-order valence-corrected chi connectivity index (χ3v) is 8.74. The molecule has 4 aromatic rings. The average Bonchev–Trinajstić information content (AvgIpc) is 3.50. The minimum Gasteiger partial charge on any atom is -0.489 e. The highest BCUT2D eigenvalue weighted by Gasteiger charge is 2.47. The molecule has 0 radical (unpaired) electrons. The summed E-state index contributed by atoms with van der Waals surface area (Å²) in [4.78, 5) is 11.5. The number of aryl methyl sites for hydroxylation is 1. The average molecular weight is 597 g/mol. The first-order valence-electron chi connectivity index (χ1n) is 13.8. The fourth-order valence-electron chi connectivity index (χ4n) is 5.79. The van der Waals surface area contributed by atoms with E-state index in [1.54, 1.807) is 28.9 Å². The number of ether oxygens (including phenoxy) is 1. The van der Waals surface area contributed by atoms with Gasteiger partial charge in [-0.05, 0) is 76.3 Å². The molecule has 0 bridgehead atoms. The van der Waals surface area contributed by atoms with Gasteiger partial charge in [0, 0.05) is 34.7 Å². The molecule has 2 heterocycles. The largest absolute Gasteiger partial charge is 0.489 e. The van der Waals surface area contributed by atoms with E-state index in [0.29, 0.717) is 45.8 Å². The number of carboxylic acid groups (broad SMARTS) is 1. The van der Waals surface area contributed by atoms with Gasteiger partial charge < -0.3 is 19.5 Å². The lowest BCUT2D eigenvalue weighted by atomic mass is 9.66. The van der Waals surface area contributed by atoms with Gasteiger partial charge in [0.05, 0.1) is 21.2 Å². The van der Waals surface area contributed by atoms with Crippen LogP contribution in [-0.4, -0.2) is 31.1 Å². The Morgan fingerprint density at radius 2 is 1.90 bits per heavy atom. The summed E-state index contributed by atoms with van der Waals surface area (Å²) in [5, 5.41) is 30.5. The van der Waals surface area contributed by atoms with Gasteiger partial charge >= 0.3 is 5.97 Å². The number of nitrogens with zero attached hydrogens (tertiary/aromatic N) is 3. The first-order chi connectivity index (χ1) is 19.6. The topological polar surface area (TPSA) is 111 Å². The summed E-state index contributed by atoms with van der Waals surface area (Å²) >= 11 is 13.2. The number of hydrogen-bond donors (Lipinski definition) is 2. The molecule has 2 N–H and O–H groups in total. The Bertz CT molecular complexity index is 1610. The van der Waals surface area contributed by atoms with Crippen molar-refractivity contribution in [3.63, 3.8) is 0 Å². The molecular formula is C31H31Cl2N3O5. The summed E-state index contributed by atoms with van der Waals surface area (Å²) < 4.78 is 13.7. The van der Waals surface area contributed by atoms with Crippen LogP contribution in [0.5, 0.6) is 5.75 Å². The van der Waals surface area contributed by atoms with Gasteiger partial charge in [0.25, 0.3) is 0 Å². The number of carbonyl (C=O) groups is 1. The number of rotatable bonds is 9. The molecule has 2 aliphatic carbocycles. The molecule has 6 rings (SSSR count). The molecule has 0 aliphatic heterocycles. The lowest BCUT2D eigenvalue weighted by molar-refractivity contribution is -0.0569. The Balaban J connectivity index is 1.20. The maximum absolute atomic E-state index is 11.5. The van der Waals surface area contributed by atoms with E-state index in [2.05, 4.69) is 10.3 Å². The second-order valence-corrected chi connectivity index (χ2v) is 12.3. The van der Waals surface area contributed by atoms with Gasteiger partial charge in [0.1, 0.15) is 23.8 Å². The summed E-state index contributed by atoms with van der Waals surface area (Å²) in [7, 11) is 0. The van der Waals surface area contributed by atoms with Crippen molar-refractivity contribution in [3.05, 3.63) is 86.3 Å². The molecule has 2 aromatic heterocycles. The van der Waals surface area contributed by atoms with Gasteiger partial charge in [0.2, 0.25) is 0 Å². The minimum atomic E-state index is -1.13. The maximum atomic E-state index is 11.5. The molecule has 10 heteroatoms. The third kappa shape index (κ3) is 5.13. The second kappa shape index (κ2) is 10.5. The highest BCUT2D eigenvalue weighted by Crippen LogP contribution is 2.53. The van der Waals surface area contributed by atoms with E-state index in [9.17, 15) is 15.0 Å². The molecule has 2 aromatic carbocycles. The highest BCUT2D eigenvalue weighted by atomic mass is 35.5. The van der Waals surface area contributed by atoms with E-state index in [1.165, 1.54) is 0 Å². The standard InChI is InChI=1S/C31H31Cl2N3O5/c1-16(2)36-26(12-25(34-36)30(37)38)19-13-31(39,14-19)22-10-9-20(11-24(22)33)40-15-21-28(35-41-29(21)18-7-8-18)27-17(3)5-4-6-23(27)32/h4-6,9-12,16,18-19,39H,7-8,13-15H2,1-3H3,(H,37,38)/t19-,31-. The molecule has 214 valence electrons. The Labute approximate surface area is 247 Å². The molecule has 0 atom stereocenters. The zero-order valence-electron chi connectivity index (χ0n) is 23.0. The van der Waals surface area contributed by atoms with E-state index in [4.69, 9.17) is 32.5 Å². The van der Waals surface area contributed by atoms with Crippen LogP contribution in [0.4, 0.5) is 0 Å². The summed E-state index contributed by atoms with van der Waals surface area (Å²) in [6, 6.07) is 12.7. The number of hydrogen-bond acceptors (Lipinski definition) is 6. The van der Waals surface area contributed by atoms with Crippen LogP contribution >= 0.6 is 23.2 Å². The Morgan fingerprint density at radius 1 is 1.15 bits per heavy atom. The minimum absolute atomic E-state index is 0.0000166. The van der Waals surface area contributed by atoms with Crippen LogP contribution in [0.25, 0.3) is 11.3 Å². The summed E-state index contributed by atoms with van der Waals surface area (Å²) in [5.41, 5.74) is 3.73. The van der Waals surface area contributed by atoms with Crippen molar-refractivity contribution in [2.75, 3.05) is 0 Å². The number of aromatic nitrogens is 3. The van der Waals surface area contributed by atoms with Gasteiger partial charge in [-0.15, -0.1) is 0 Å². The number of aliphatic hydroxyl groups is 1. The predicted molar refractivity (Wildman–Crippen MR) is 155 cm³/mol. The molecule has 0 amide bonds. The van der Waals surface area contributed by atoms with Gasteiger partial charge in [-0.3, -0.25) is 4.68 Å². The normalized spacial score (nSPS) is 20.3. The van der Waals surface area contributed by atoms with Crippen LogP contribution in [0.2, 0.25) is 10.0 Å². The first kappa shape index (κ1) is 27.8. The smallest absolute Gasteiger partial charge is 0.356 e. The molecule has 0 spiro atoms. The van der Waals surface area contributed by atoms with E-state index >= 15 is 0 Å². The van der Waals surface area contributed by atoms with Gasteiger partial charge in [-0.1, -0.05) is 46.6 Å². The van der Waals surface area contributed by atoms with Gasteiger partial charge in [-0.25, -0.2) is 4.79 Å². The monoisotopic (exact) mass is 595 g/mol. The lowest BCUT2D eigenvalue weighted by Gasteiger charge is -2.44. The first-order valence-corrected chi connectivity index (χ1v) is 14.5. The van der Waals surface area contributed by atoms with Crippen molar-refractivity contribution in [1.82, 2.24) is 14.9 Å². The third-order valence-electron chi connectivity index (χ3n) is 8.11. The predicted octanol–water partition coefficient (Wildman–Crippen LogP) is 7.65. The molecule has 2 saturated carbocycles. The Morgan fingerprint density at radius 3 is 2.54 bits per heavy atom. The number of carboxylic acids is 1. The lowest BCUT2D eigenvalue weighted by Crippen LogP contribution is -2.41. The summed E-state index contributed by atoms with van der Waals surface area (Å²) in [5.74, 6) is 0.637. The maximum Gasteiger partial charge on any atom is 0.356 e. The SMILES string of the molecule is Cc1cccc(Cl)c1-c1noc(C2CC2)c1COc1ccc([C@]2(O)C[C@H](c3cc(C(=O)O)nn3C(C)C)C2)c(Cl)c1. The molecule has 2 aliphatic rings. The van der Waals surface area contributed by atoms with Crippen molar-refractivity contribution in [3.8, 4) is 17.0 Å². The van der Waals surface area contributed by atoms with Gasteiger partial charge in [0.15, 0.2) is 5.69 Å². The van der Waals surface area contributed by atoms with E-state index in [1.807, 2.05) is 39.0 Å². The van der Waals surface area contributed by atoms with Crippen molar-refractivity contribution in [2.45, 2.75) is 76.5 Å². The molecule has 0 unspecified atom stereocenters. The highest BCUT2D eigenvalue weighted by molar-refractivity contribution is 6.33. The molecule has 8 nitrogen and oxygen atoms in total. The van der Waals surface area contributed by atoms with Crippen LogP contribution in [0, 0.1) is 6.92 Å². The van der Waals surface area contributed by atoms with Gasteiger partial charge in [-0.2, -0.15) is 5.10 Å². The van der Waals surface area contributed by atoms with Crippen LogP contribution < -0.4 is 4.74 Å². The van der Waals surface area contributed by atoms with Crippen molar-refractivity contribution < 1.29 is 24.3 Å². The Kier molecular flexibility index (Phi) is 7.12. The van der Waals surface area contributed by atoms with Crippen molar-refractivity contribution in [2.24, 2.45) is 0 Å². The fraction of sp³-hybridized carbons (Fsp3) is 0.387. The van der Waals surface area contributed by atoms with Crippen LogP contribution in [0.1, 0.15) is 96.0 Å². The molecule has 41 heavy (non-hydrogen) atoms. The fourth-order valence-corrected chi connectivity index (χ4v) is 6.45.